The first-order valence-corrected chi connectivity index (χ1v) is 6.40. The predicted molar refractivity (Wildman–Crippen MR) is 70.0 cm³/mol. The summed E-state index contributed by atoms with van der Waals surface area (Å²) >= 11 is 0. The molecule has 0 bridgehead atoms. The highest BCUT2D eigenvalue weighted by atomic mass is 16.3. The summed E-state index contributed by atoms with van der Waals surface area (Å²) in [6.07, 6.45) is 7.97. The van der Waals surface area contributed by atoms with Crippen LogP contribution in [-0.4, -0.2) is 29.3 Å². The van der Waals surface area contributed by atoms with E-state index < -0.39 is 0 Å². The van der Waals surface area contributed by atoms with Gasteiger partial charge in [0.2, 0.25) is 0 Å². The van der Waals surface area contributed by atoms with Crippen molar-refractivity contribution >= 4 is 11.5 Å². The first-order chi connectivity index (χ1) is 8.31. The van der Waals surface area contributed by atoms with E-state index in [1.54, 1.807) is 6.20 Å². The van der Waals surface area contributed by atoms with Crippen LogP contribution in [-0.2, 0) is 0 Å². The maximum absolute atomic E-state index is 9.19. The third-order valence-electron chi connectivity index (χ3n) is 3.42. The van der Waals surface area contributed by atoms with E-state index in [2.05, 4.69) is 9.88 Å². The molecule has 1 aromatic rings. The Balaban J connectivity index is 2.12. The Bertz CT molecular complexity index is 333. The van der Waals surface area contributed by atoms with Crippen LogP contribution in [0.25, 0.3) is 0 Å². The number of nitrogens with two attached hydrogens (primary N) is 1. The van der Waals surface area contributed by atoms with Gasteiger partial charge in [-0.25, -0.2) is 4.98 Å². The Morgan fingerprint density at radius 2 is 2.06 bits per heavy atom. The molecule has 1 aliphatic rings. The number of nitrogens with zero attached hydrogens (tertiary/aromatic N) is 2. The molecule has 94 valence electrons. The number of nitrogen functional groups attached to an aromatic ring is 1. The number of aliphatic hydroxyl groups is 1. The largest absolute Gasteiger partial charge is 0.397 e. The van der Waals surface area contributed by atoms with Gasteiger partial charge in [0.05, 0.1) is 18.5 Å². The molecule has 0 unspecified atom stereocenters. The molecule has 2 rings (SSSR count). The van der Waals surface area contributed by atoms with Crippen molar-refractivity contribution in [2.45, 2.75) is 38.1 Å². The van der Waals surface area contributed by atoms with Gasteiger partial charge in [0, 0.05) is 12.6 Å². The topological polar surface area (TPSA) is 62.4 Å². The second-order valence-corrected chi connectivity index (χ2v) is 4.66. The lowest BCUT2D eigenvalue weighted by Crippen LogP contribution is -2.39. The van der Waals surface area contributed by atoms with E-state index in [1.807, 2.05) is 12.1 Å². The van der Waals surface area contributed by atoms with E-state index in [1.165, 1.54) is 32.1 Å². The smallest absolute Gasteiger partial charge is 0.128 e. The Labute approximate surface area is 102 Å². The first kappa shape index (κ1) is 12.2. The van der Waals surface area contributed by atoms with Gasteiger partial charge in [-0.3, -0.25) is 0 Å². The predicted octanol–water partition coefficient (Wildman–Crippen LogP) is 1.80. The number of hydrogen-bond donors (Lipinski definition) is 2. The van der Waals surface area contributed by atoms with Crippen LogP contribution in [0.4, 0.5) is 11.5 Å². The van der Waals surface area contributed by atoms with Gasteiger partial charge < -0.3 is 15.7 Å². The summed E-state index contributed by atoms with van der Waals surface area (Å²) in [6, 6.07) is 4.34. The van der Waals surface area contributed by atoms with E-state index in [9.17, 15) is 5.11 Å². The Morgan fingerprint density at radius 3 is 2.65 bits per heavy atom. The van der Waals surface area contributed by atoms with Crippen LogP contribution < -0.4 is 10.6 Å². The zero-order chi connectivity index (χ0) is 12.1. The van der Waals surface area contributed by atoms with Crippen LogP contribution in [0.5, 0.6) is 0 Å². The molecule has 4 heteroatoms. The first-order valence-electron chi connectivity index (χ1n) is 6.40. The molecule has 1 heterocycles. The number of pyridine rings is 1. The molecule has 0 saturated heterocycles. The van der Waals surface area contributed by atoms with Gasteiger partial charge in [-0.1, -0.05) is 19.3 Å². The van der Waals surface area contributed by atoms with Crippen LogP contribution in [0.2, 0.25) is 0 Å². The minimum atomic E-state index is 0.169. The summed E-state index contributed by atoms with van der Waals surface area (Å²) in [7, 11) is 0. The lowest BCUT2D eigenvalue weighted by Gasteiger charge is -2.34. The SMILES string of the molecule is Nc1ccc(N(CCO)C2CCCCC2)nc1. The standard InChI is InChI=1S/C13H21N3O/c14-11-6-7-13(15-10-11)16(8-9-17)12-4-2-1-3-5-12/h6-7,10,12,17H,1-5,8-9,14H2. The Morgan fingerprint density at radius 1 is 1.29 bits per heavy atom. The highest BCUT2D eigenvalue weighted by Gasteiger charge is 2.21. The maximum Gasteiger partial charge on any atom is 0.128 e. The molecule has 1 aromatic heterocycles. The van der Waals surface area contributed by atoms with Crippen molar-refractivity contribution in [3.05, 3.63) is 18.3 Å². The summed E-state index contributed by atoms with van der Waals surface area (Å²) in [4.78, 5) is 6.58. The molecule has 0 amide bonds. The number of anilines is 2. The monoisotopic (exact) mass is 235 g/mol. The van der Waals surface area contributed by atoms with Crippen molar-refractivity contribution < 1.29 is 5.11 Å². The molecule has 0 spiro atoms. The third kappa shape index (κ3) is 3.09. The molecular weight excluding hydrogens is 214 g/mol. The lowest BCUT2D eigenvalue weighted by molar-refractivity contribution is 0.289. The average Bonchev–Trinajstić information content (AvgIpc) is 2.38. The van der Waals surface area contributed by atoms with Gasteiger partial charge in [0.1, 0.15) is 5.82 Å². The van der Waals surface area contributed by atoms with Crippen LogP contribution in [0, 0.1) is 0 Å². The molecule has 17 heavy (non-hydrogen) atoms. The molecule has 0 radical (unpaired) electrons. The van der Waals surface area contributed by atoms with Crippen molar-refractivity contribution in [3.8, 4) is 0 Å². The minimum Gasteiger partial charge on any atom is -0.397 e. The van der Waals surface area contributed by atoms with E-state index in [-0.39, 0.29) is 6.61 Å². The van der Waals surface area contributed by atoms with Gasteiger partial charge in [0.15, 0.2) is 0 Å². The maximum atomic E-state index is 9.19. The normalized spacial score (nSPS) is 17.0. The molecule has 1 saturated carbocycles. The van der Waals surface area contributed by atoms with Gasteiger partial charge in [-0.2, -0.15) is 0 Å². The molecule has 0 aliphatic heterocycles. The van der Waals surface area contributed by atoms with Gasteiger partial charge >= 0.3 is 0 Å². The summed E-state index contributed by atoms with van der Waals surface area (Å²) in [6.45, 7) is 0.824. The molecular formula is C13H21N3O. The number of rotatable bonds is 4. The Kier molecular flexibility index (Phi) is 4.20. The third-order valence-corrected chi connectivity index (χ3v) is 3.42. The van der Waals surface area contributed by atoms with Crippen molar-refractivity contribution in [1.29, 1.82) is 0 Å². The molecule has 1 fully saturated rings. The molecule has 0 aromatic carbocycles. The van der Waals surface area contributed by atoms with Crippen molar-refractivity contribution in [1.82, 2.24) is 4.98 Å². The van der Waals surface area contributed by atoms with Crippen LogP contribution >= 0.6 is 0 Å². The van der Waals surface area contributed by atoms with E-state index in [4.69, 9.17) is 5.73 Å². The lowest BCUT2D eigenvalue weighted by atomic mass is 9.94. The number of hydrogen-bond acceptors (Lipinski definition) is 4. The van der Waals surface area contributed by atoms with Crippen molar-refractivity contribution in [3.63, 3.8) is 0 Å². The van der Waals surface area contributed by atoms with Gasteiger partial charge in [-0.15, -0.1) is 0 Å². The quantitative estimate of drug-likeness (QED) is 0.835. The zero-order valence-corrected chi connectivity index (χ0v) is 10.2. The number of aromatic nitrogens is 1. The summed E-state index contributed by atoms with van der Waals surface area (Å²) in [5.74, 6) is 0.931. The van der Waals surface area contributed by atoms with E-state index in [0.29, 0.717) is 18.3 Å². The highest BCUT2D eigenvalue weighted by Crippen LogP contribution is 2.26. The Hall–Kier alpha value is -1.29. The fourth-order valence-electron chi connectivity index (χ4n) is 2.55. The zero-order valence-electron chi connectivity index (χ0n) is 10.2. The molecule has 0 atom stereocenters. The number of aliphatic hydroxyl groups excluding tert-OH is 1. The van der Waals surface area contributed by atoms with Gasteiger partial charge in [-0.05, 0) is 25.0 Å². The van der Waals surface area contributed by atoms with E-state index >= 15 is 0 Å². The summed E-state index contributed by atoms with van der Waals surface area (Å²) in [5.41, 5.74) is 6.33. The van der Waals surface area contributed by atoms with Crippen LogP contribution in [0.1, 0.15) is 32.1 Å². The van der Waals surface area contributed by atoms with Crippen LogP contribution in [0.3, 0.4) is 0 Å². The molecule has 3 N–H and O–H groups in total. The van der Waals surface area contributed by atoms with Crippen molar-refractivity contribution in [2.24, 2.45) is 0 Å². The fraction of sp³-hybridized carbons (Fsp3) is 0.615. The summed E-state index contributed by atoms with van der Waals surface area (Å²) < 4.78 is 0. The highest BCUT2D eigenvalue weighted by molar-refractivity contribution is 5.46. The second-order valence-electron chi connectivity index (χ2n) is 4.66. The van der Waals surface area contributed by atoms with E-state index in [0.717, 1.165) is 5.82 Å². The van der Waals surface area contributed by atoms with Crippen LogP contribution in [0.15, 0.2) is 18.3 Å². The van der Waals surface area contributed by atoms with Crippen molar-refractivity contribution in [2.75, 3.05) is 23.8 Å². The fourth-order valence-corrected chi connectivity index (χ4v) is 2.55. The minimum absolute atomic E-state index is 0.169. The van der Waals surface area contributed by atoms with Gasteiger partial charge in [0.25, 0.3) is 0 Å². The molecule has 1 aliphatic carbocycles. The second kappa shape index (κ2) is 5.87. The summed E-state index contributed by atoms with van der Waals surface area (Å²) in [5, 5.41) is 9.19. The molecule has 4 nitrogen and oxygen atoms in total. The average molecular weight is 235 g/mol.